The van der Waals surface area contributed by atoms with Gasteiger partial charge < -0.3 is 15.0 Å². The fourth-order valence-corrected chi connectivity index (χ4v) is 5.76. The molecule has 4 aromatic rings. The van der Waals surface area contributed by atoms with Crippen molar-refractivity contribution in [1.82, 2.24) is 30.0 Å². The average Bonchev–Trinajstić information content (AvgIpc) is 3.24. The van der Waals surface area contributed by atoms with E-state index in [4.69, 9.17) is 0 Å². The van der Waals surface area contributed by atoms with Gasteiger partial charge in [-0.25, -0.2) is 14.4 Å². The first kappa shape index (κ1) is 18.1. The second-order valence-corrected chi connectivity index (χ2v) is 9.60. The van der Waals surface area contributed by atoms with Crippen molar-refractivity contribution < 1.29 is 9.50 Å². The lowest BCUT2D eigenvalue weighted by Crippen LogP contribution is -2.42. The third kappa shape index (κ3) is 2.79. The van der Waals surface area contributed by atoms with Gasteiger partial charge in [-0.3, -0.25) is 0 Å². The van der Waals surface area contributed by atoms with E-state index in [0.717, 1.165) is 41.0 Å². The summed E-state index contributed by atoms with van der Waals surface area (Å²) >= 11 is 1.57. The van der Waals surface area contributed by atoms with Crippen molar-refractivity contribution in [3.63, 3.8) is 0 Å². The van der Waals surface area contributed by atoms with E-state index >= 15 is 4.39 Å². The Kier molecular flexibility index (Phi) is 4.04. The number of fused-ring (bicyclic) bond motifs is 6. The molecule has 4 atom stereocenters. The van der Waals surface area contributed by atoms with Crippen LogP contribution in [0.3, 0.4) is 0 Å². The van der Waals surface area contributed by atoms with Crippen LogP contribution in [0.5, 0.6) is 5.75 Å². The van der Waals surface area contributed by atoms with E-state index in [1.165, 1.54) is 0 Å². The summed E-state index contributed by atoms with van der Waals surface area (Å²) in [7, 11) is 0. The largest absolute Gasteiger partial charge is 0.507 e. The number of thiazole rings is 1. The summed E-state index contributed by atoms with van der Waals surface area (Å²) in [5.74, 6) is 0.583. The van der Waals surface area contributed by atoms with Crippen molar-refractivity contribution in [3.8, 4) is 17.0 Å². The van der Waals surface area contributed by atoms with Crippen molar-refractivity contribution in [2.24, 2.45) is 5.92 Å². The number of aromatic hydroxyl groups is 1. The van der Waals surface area contributed by atoms with Gasteiger partial charge in [0.05, 0.1) is 33.3 Å². The number of imidazole rings is 1. The van der Waals surface area contributed by atoms with Gasteiger partial charge in [0.15, 0.2) is 5.65 Å². The van der Waals surface area contributed by atoms with Crippen LogP contribution < -0.4 is 5.32 Å². The number of phenolic OH excluding ortho intramolecular Hbond substituents is 1. The summed E-state index contributed by atoms with van der Waals surface area (Å²) in [5, 5.41) is 23.5. The second kappa shape index (κ2) is 6.68. The van der Waals surface area contributed by atoms with Crippen LogP contribution in [-0.2, 0) is 0 Å². The van der Waals surface area contributed by atoms with Crippen LogP contribution >= 0.6 is 11.3 Å². The normalized spacial score (nSPS) is 26.5. The molecule has 30 heavy (non-hydrogen) atoms. The first-order valence-electron chi connectivity index (χ1n) is 10.2. The van der Waals surface area contributed by atoms with E-state index in [0.29, 0.717) is 28.3 Å². The SMILES string of the molecule is Cc1nc2cc(O)c(-c3cc4ncn([C@@H]5C[C@@H]6CCC(NC6)[C@@H]5F)c4nn3)cc2s1. The Morgan fingerprint density at radius 3 is 2.93 bits per heavy atom. The Morgan fingerprint density at radius 2 is 2.10 bits per heavy atom. The highest BCUT2D eigenvalue weighted by Gasteiger charge is 2.40. The van der Waals surface area contributed by atoms with Crippen molar-refractivity contribution >= 4 is 32.7 Å². The minimum Gasteiger partial charge on any atom is -0.507 e. The number of nitrogens with zero attached hydrogens (tertiary/aromatic N) is 5. The van der Waals surface area contributed by atoms with E-state index < -0.39 is 6.17 Å². The molecule has 154 valence electrons. The lowest BCUT2D eigenvalue weighted by atomic mass is 9.96. The highest BCUT2D eigenvalue weighted by molar-refractivity contribution is 7.18. The summed E-state index contributed by atoms with van der Waals surface area (Å²) in [5.41, 5.74) is 3.13. The van der Waals surface area contributed by atoms with Gasteiger partial charge in [0.2, 0.25) is 0 Å². The van der Waals surface area contributed by atoms with Crippen LogP contribution in [0.1, 0.15) is 30.3 Å². The molecule has 3 aliphatic rings. The number of hydrogen-bond acceptors (Lipinski definition) is 7. The van der Waals surface area contributed by atoms with Crippen LogP contribution in [0, 0.1) is 12.8 Å². The number of phenols is 1. The molecule has 7 nitrogen and oxygen atoms in total. The summed E-state index contributed by atoms with van der Waals surface area (Å²) in [6, 6.07) is 4.96. The van der Waals surface area contributed by atoms with Crippen LogP contribution in [0.4, 0.5) is 4.39 Å². The zero-order chi connectivity index (χ0) is 20.4. The molecular weight excluding hydrogens is 403 g/mol. The molecular formula is C21H21FN6OS. The van der Waals surface area contributed by atoms with Crippen molar-refractivity contribution in [2.75, 3.05) is 6.54 Å². The number of halogens is 1. The molecule has 0 radical (unpaired) electrons. The van der Waals surface area contributed by atoms with Crippen LogP contribution in [-0.4, -0.2) is 48.6 Å². The Morgan fingerprint density at radius 1 is 1.20 bits per heavy atom. The highest BCUT2D eigenvalue weighted by Crippen LogP contribution is 2.39. The van der Waals surface area contributed by atoms with Crippen molar-refractivity contribution in [2.45, 2.75) is 44.4 Å². The highest BCUT2D eigenvalue weighted by atomic mass is 32.1. The molecule has 7 rings (SSSR count). The van der Waals surface area contributed by atoms with Crippen LogP contribution in [0.2, 0.25) is 0 Å². The van der Waals surface area contributed by atoms with Gasteiger partial charge >= 0.3 is 0 Å². The molecule has 1 saturated carbocycles. The summed E-state index contributed by atoms with van der Waals surface area (Å²) in [6.45, 7) is 2.82. The summed E-state index contributed by atoms with van der Waals surface area (Å²) < 4.78 is 18.1. The maximum Gasteiger partial charge on any atom is 0.182 e. The van der Waals surface area contributed by atoms with Gasteiger partial charge in [0.1, 0.15) is 17.4 Å². The quantitative estimate of drug-likeness (QED) is 0.509. The lowest BCUT2D eigenvalue weighted by Gasteiger charge is -2.26. The fourth-order valence-electron chi connectivity index (χ4n) is 4.91. The van der Waals surface area contributed by atoms with Crippen molar-refractivity contribution in [3.05, 3.63) is 29.5 Å². The Balaban J connectivity index is 1.41. The number of benzene rings is 1. The maximum absolute atomic E-state index is 15.2. The third-order valence-corrected chi connectivity index (χ3v) is 7.38. The number of hydrogen-bond donors (Lipinski definition) is 2. The second-order valence-electron chi connectivity index (χ2n) is 8.37. The van der Waals surface area contributed by atoms with Gasteiger partial charge in [0.25, 0.3) is 0 Å². The molecule has 3 aromatic heterocycles. The standard InChI is InChI=1S/C21H21FN6OS/c1-10-25-15-7-18(29)12(5-19(15)30-10)14-6-16-21(27-26-14)28(9-24-16)17-4-11-2-3-13(20(17)22)23-8-11/h5-7,9,11,13,17,20,23,29H,2-4,8H2,1H3/t11-,13?,17+,20-/m0/s1. The molecule has 2 bridgehead atoms. The molecule has 5 heterocycles. The van der Waals surface area contributed by atoms with E-state index in [1.54, 1.807) is 23.7 Å². The van der Waals surface area contributed by atoms with Crippen LogP contribution in [0.25, 0.3) is 32.6 Å². The van der Waals surface area contributed by atoms with Crippen LogP contribution in [0.15, 0.2) is 24.5 Å². The Hall–Kier alpha value is -2.65. The molecule has 1 aromatic carbocycles. The minimum absolute atomic E-state index is 0.107. The zero-order valence-corrected chi connectivity index (χ0v) is 17.2. The molecule has 2 aliphatic heterocycles. The summed E-state index contributed by atoms with van der Waals surface area (Å²) in [6.07, 6.45) is 3.43. The van der Waals surface area contributed by atoms with E-state index in [1.807, 2.05) is 23.6 Å². The predicted octanol–water partition coefficient (Wildman–Crippen LogP) is 3.77. The topological polar surface area (TPSA) is 88.8 Å². The number of nitrogens with one attached hydrogen (secondary N) is 1. The van der Waals surface area contributed by atoms with Gasteiger partial charge in [-0.1, -0.05) is 0 Å². The monoisotopic (exact) mass is 424 g/mol. The minimum atomic E-state index is -0.975. The first-order valence-corrected chi connectivity index (χ1v) is 11.1. The molecule has 9 heteroatoms. The number of aromatic nitrogens is 5. The number of rotatable bonds is 2. The van der Waals surface area contributed by atoms with E-state index in [-0.39, 0.29) is 17.8 Å². The molecule has 0 spiro atoms. The number of piperidine rings is 1. The zero-order valence-electron chi connectivity index (χ0n) is 16.4. The average molecular weight is 425 g/mol. The lowest BCUT2D eigenvalue weighted by molar-refractivity contribution is 0.185. The number of aryl methyl sites for hydroxylation is 1. The number of alkyl halides is 1. The Labute approximate surface area is 176 Å². The summed E-state index contributed by atoms with van der Waals surface area (Å²) in [4.78, 5) is 8.91. The molecule has 2 saturated heterocycles. The molecule has 1 unspecified atom stereocenters. The maximum atomic E-state index is 15.2. The van der Waals surface area contributed by atoms with Gasteiger partial charge in [-0.2, -0.15) is 0 Å². The molecule has 1 aliphatic carbocycles. The van der Waals surface area contributed by atoms with Gasteiger partial charge in [-0.05, 0) is 50.8 Å². The smallest absolute Gasteiger partial charge is 0.182 e. The van der Waals surface area contributed by atoms with Gasteiger partial charge in [0, 0.05) is 17.7 Å². The molecule has 2 N–H and O–H groups in total. The van der Waals surface area contributed by atoms with E-state index in [2.05, 4.69) is 25.5 Å². The molecule has 3 fully saturated rings. The fraction of sp³-hybridized carbons (Fsp3) is 0.429. The van der Waals surface area contributed by atoms with Gasteiger partial charge in [-0.15, -0.1) is 21.5 Å². The first-order chi connectivity index (χ1) is 14.6. The predicted molar refractivity (Wildman–Crippen MR) is 113 cm³/mol. The molecule has 0 amide bonds. The van der Waals surface area contributed by atoms with Crippen molar-refractivity contribution in [1.29, 1.82) is 0 Å². The van der Waals surface area contributed by atoms with E-state index in [9.17, 15) is 5.11 Å². The Bertz CT molecular complexity index is 1260. The third-order valence-electron chi connectivity index (χ3n) is 6.45.